The highest BCUT2D eigenvalue weighted by atomic mass is 16.5. The zero-order chi connectivity index (χ0) is 10.5. The summed E-state index contributed by atoms with van der Waals surface area (Å²) in [5, 5.41) is 0. The van der Waals surface area contributed by atoms with Crippen LogP contribution in [-0.4, -0.2) is 37.7 Å². The summed E-state index contributed by atoms with van der Waals surface area (Å²) in [5.74, 6) is 0. The Kier molecular flexibility index (Phi) is 3.75. The van der Waals surface area contributed by atoms with Gasteiger partial charge in [0.1, 0.15) is 0 Å². The van der Waals surface area contributed by atoms with Crippen LogP contribution in [-0.2, 0) is 4.74 Å². The minimum Gasteiger partial charge on any atom is -0.379 e. The molecule has 0 amide bonds. The quantitative estimate of drug-likeness (QED) is 0.650. The third-order valence-corrected chi connectivity index (χ3v) is 2.98. The first-order chi connectivity index (χ1) is 7.38. The maximum atomic E-state index is 5.16. The standard InChI is InChI=1S/C7H6.C6H13NO/c1-2-7-4-3-6(1)5-7;1-2-7-3-5-8-6-4-7/h1-4H,5H2;2-6H2,1H3. The molecule has 2 heteroatoms. The molecular formula is C13H19NO. The zero-order valence-electron chi connectivity index (χ0n) is 9.41. The highest BCUT2D eigenvalue weighted by molar-refractivity contribution is 5.49. The molecule has 3 rings (SSSR count). The van der Waals surface area contributed by atoms with Gasteiger partial charge in [-0.1, -0.05) is 31.2 Å². The number of likely N-dealkylation sites (N-methyl/N-ethyl adjacent to an activating group) is 1. The Balaban J connectivity index is 0.000000114. The molecule has 82 valence electrons. The van der Waals surface area contributed by atoms with Crippen molar-refractivity contribution in [2.24, 2.45) is 0 Å². The maximum absolute atomic E-state index is 5.16. The molecule has 1 heterocycles. The fraction of sp³-hybridized carbons (Fsp3) is 0.538. The first-order valence-corrected chi connectivity index (χ1v) is 5.76. The van der Waals surface area contributed by atoms with Crippen LogP contribution >= 0.6 is 0 Å². The van der Waals surface area contributed by atoms with Gasteiger partial charge in [0.05, 0.1) is 13.2 Å². The molecule has 0 N–H and O–H groups in total. The third-order valence-electron chi connectivity index (χ3n) is 2.98. The van der Waals surface area contributed by atoms with Crippen molar-refractivity contribution in [1.29, 1.82) is 0 Å². The van der Waals surface area contributed by atoms with E-state index in [1.54, 1.807) is 0 Å². The second kappa shape index (κ2) is 5.29. The van der Waals surface area contributed by atoms with Crippen molar-refractivity contribution in [1.82, 2.24) is 4.90 Å². The molecule has 0 atom stereocenters. The number of fused-ring (bicyclic) bond motifs is 2. The smallest absolute Gasteiger partial charge is 0.0594 e. The van der Waals surface area contributed by atoms with Crippen molar-refractivity contribution in [3.05, 3.63) is 35.5 Å². The minimum atomic E-state index is 0.924. The summed E-state index contributed by atoms with van der Waals surface area (Å²) in [6.45, 7) is 7.45. The lowest BCUT2D eigenvalue weighted by molar-refractivity contribution is 0.0405. The molecule has 2 bridgehead atoms. The monoisotopic (exact) mass is 205 g/mol. The number of rotatable bonds is 1. The Labute approximate surface area is 91.9 Å². The van der Waals surface area contributed by atoms with Crippen molar-refractivity contribution >= 4 is 0 Å². The Bertz CT molecular complexity index is 276. The number of hydrogen-bond donors (Lipinski definition) is 0. The van der Waals surface area contributed by atoms with Crippen molar-refractivity contribution in [2.45, 2.75) is 13.3 Å². The molecular weight excluding hydrogens is 186 g/mol. The van der Waals surface area contributed by atoms with Crippen LogP contribution in [0.15, 0.2) is 35.5 Å². The number of ether oxygens (including phenoxy) is 1. The lowest BCUT2D eigenvalue weighted by Crippen LogP contribution is -2.35. The molecule has 3 aliphatic rings. The number of allylic oxidation sites excluding steroid dienone is 6. The summed E-state index contributed by atoms with van der Waals surface area (Å²) in [6, 6.07) is 0. The molecule has 0 aromatic rings. The topological polar surface area (TPSA) is 12.5 Å². The van der Waals surface area contributed by atoms with E-state index in [9.17, 15) is 0 Å². The van der Waals surface area contributed by atoms with Gasteiger partial charge in [-0.05, 0) is 24.1 Å². The van der Waals surface area contributed by atoms with Gasteiger partial charge in [-0.15, -0.1) is 0 Å². The van der Waals surface area contributed by atoms with Gasteiger partial charge in [-0.2, -0.15) is 0 Å². The number of hydrogen-bond acceptors (Lipinski definition) is 2. The summed E-state index contributed by atoms with van der Waals surface area (Å²) in [5.41, 5.74) is 2.94. The normalized spacial score (nSPS) is 23.3. The molecule has 15 heavy (non-hydrogen) atoms. The van der Waals surface area contributed by atoms with Gasteiger partial charge in [0.15, 0.2) is 0 Å². The number of nitrogens with zero attached hydrogens (tertiary/aromatic N) is 1. The largest absolute Gasteiger partial charge is 0.379 e. The molecule has 0 saturated carbocycles. The van der Waals surface area contributed by atoms with Gasteiger partial charge in [0.25, 0.3) is 0 Å². The van der Waals surface area contributed by atoms with E-state index in [4.69, 9.17) is 4.74 Å². The molecule has 0 radical (unpaired) electrons. The molecule has 2 nitrogen and oxygen atoms in total. The van der Waals surface area contributed by atoms with Crippen LogP contribution in [0.2, 0.25) is 0 Å². The van der Waals surface area contributed by atoms with Crippen molar-refractivity contribution in [2.75, 3.05) is 32.8 Å². The van der Waals surface area contributed by atoms with E-state index in [2.05, 4.69) is 36.1 Å². The average molecular weight is 205 g/mol. The Morgan fingerprint density at radius 2 is 1.73 bits per heavy atom. The van der Waals surface area contributed by atoms with E-state index in [1.807, 2.05) is 0 Å². The van der Waals surface area contributed by atoms with Gasteiger partial charge < -0.3 is 4.74 Å². The molecule has 2 aliphatic carbocycles. The summed E-state index contributed by atoms with van der Waals surface area (Å²) in [6.07, 6.45) is 9.90. The third kappa shape index (κ3) is 3.05. The van der Waals surface area contributed by atoms with Crippen molar-refractivity contribution < 1.29 is 4.74 Å². The summed E-state index contributed by atoms with van der Waals surface area (Å²) >= 11 is 0. The highest BCUT2D eigenvalue weighted by Gasteiger charge is 2.07. The van der Waals surface area contributed by atoms with Gasteiger partial charge in [0.2, 0.25) is 0 Å². The molecule has 1 fully saturated rings. The van der Waals surface area contributed by atoms with Gasteiger partial charge >= 0.3 is 0 Å². The molecule has 0 unspecified atom stereocenters. The van der Waals surface area contributed by atoms with Gasteiger partial charge in [-0.25, -0.2) is 0 Å². The molecule has 0 aromatic heterocycles. The highest BCUT2D eigenvalue weighted by Crippen LogP contribution is 2.27. The fourth-order valence-corrected chi connectivity index (χ4v) is 1.93. The summed E-state index contributed by atoms with van der Waals surface area (Å²) in [7, 11) is 0. The predicted molar refractivity (Wildman–Crippen MR) is 62.9 cm³/mol. The van der Waals surface area contributed by atoms with E-state index in [0.29, 0.717) is 0 Å². The van der Waals surface area contributed by atoms with E-state index >= 15 is 0 Å². The van der Waals surface area contributed by atoms with Crippen molar-refractivity contribution in [3.63, 3.8) is 0 Å². The van der Waals surface area contributed by atoms with E-state index < -0.39 is 0 Å². The SMILES string of the molecule is C1=CC2=CC=C1C2.CCN1CCOCC1. The average Bonchev–Trinajstić information content (AvgIpc) is 2.95. The fourth-order valence-electron chi connectivity index (χ4n) is 1.93. The van der Waals surface area contributed by atoms with E-state index in [-0.39, 0.29) is 0 Å². The summed E-state index contributed by atoms with van der Waals surface area (Å²) in [4.78, 5) is 2.39. The minimum absolute atomic E-state index is 0.924. The predicted octanol–water partition coefficient (Wildman–Crippen LogP) is 2.15. The van der Waals surface area contributed by atoms with Crippen LogP contribution in [0.5, 0.6) is 0 Å². The van der Waals surface area contributed by atoms with Crippen LogP contribution in [0, 0.1) is 0 Å². The molecule has 1 aliphatic heterocycles. The first-order valence-electron chi connectivity index (χ1n) is 5.76. The van der Waals surface area contributed by atoms with E-state index in [1.165, 1.54) is 24.1 Å². The maximum Gasteiger partial charge on any atom is 0.0594 e. The van der Waals surface area contributed by atoms with Crippen LogP contribution in [0.4, 0.5) is 0 Å². The lowest BCUT2D eigenvalue weighted by Gasteiger charge is -2.24. The second-order valence-corrected chi connectivity index (χ2v) is 4.04. The van der Waals surface area contributed by atoms with Gasteiger partial charge in [0, 0.05) is 13.1 Å². The first kappa shape index (κ1) is 10.7. The Hall–Kier alpha value is -0.860. The van der Waals surface area contributed by atoms with Crippen LogP contribution < -0.4 is 0 Å². The summed E-state index contributed by atoms with van der Waals surface area (Å²) < 4.78 is 5.16. The van der Waals surface area contributed by atoms with Gasteiger partial charge in [-0.3, -0.25) is 4.90 Å². The van der Waals surface area contributed by atoms with Crippen molar-refractivity contribution in [3.8, 4) is 0 Å². The molecule has 0 spiro atoms. The Morgan fingerprint density at radius 1 is 1.13 bits per heavy atom. The Morgan fingerprint density at radius 3 is 2.00 bits per heavy atom. The second-order valence-electron chi connectivity index (χ2n) is 4.04. The van der Waals surface area contributed by atoms with Crippen LogP contribution in [0.1, 0.15) is 13.3 Å². The van der Waals surface area contributed by atoms with E-state index in [0.717, 1.165) is 26.3 Å². The zero-order valence-corrected chi connectivity index (χ0v) is 9.41. The number of morpholine rings is 1. The lowest BCUT2D eigenvalue weighted by atomic mass is 10.3. The van der Waals surface area contributed by atoms with Crippen LogP contribution in [0.3, 0.4) is 0 Å². The molecule has 0 aromatic carbocycles. The van der Waals surface area contributed by atoms with Crippen LogP contribution in [0.25, 0.3) is 0 Å². The molecule has 1 saturated heterocycles.